The SMILES string of the molecule is C.C[C@@H](CNC(=O)[C@@H]1OC(C)(C)OCC1(C)C)CC(=O)c1cccc(C#N)c1.C[C@@H](CNC(=O)[C@H](O)C(C)(C)CO)CC(=O)c1cccc(C#N)c1. The number of carbonyl (C=O) groups is 4. The molecule has 0 saturated carbocycles. The lowest BCUT2D eigenvalue weighted by atomic mass is 9.85. The number of aliphatic hydroxyl groups is 2. The topological polar surface area (TPSA) is 199 Å². The van der Waals surface area contributed by atoms with E-state index in [0.717, 1.165) is 0 Å². The van der Waals surface area contributed by atoms with Crippen molar-refractivity contribution in [2.75, 3.05) is 26.3 Å². The van der Waals surface area contributed by atoms with E-state index in [1.165, 1.54) is 0 Å². The van der Waals surface area contributed by atoms with Gasteiger partial charge in [-0.3, -0.25) is 19.2 Å². The minimum atomic E-state index is -1.32. The van der Waals surface area contributed by atoms with Gasteiger partial charge in [0.05, 0.1) is 36.5 Å². The van der Waals surface area contributed by atoms with Crippen molar-refractivity contribution < 1.29 is 38.9 Å². The number of rotatable bonds is 14. The van der Waals surface area contributed by atoms with Gasteiger partial charge in [-0.25, -0.2) is 0 Å². The average Bonchev–Trinajstić information content (AvgIpc) is 3.10. The van der Waals surface area contributed by atoms with Gasteiger partial charge in [0.1, 0.15) is 12.2 Å². The van der Waals surface area contributed by atoms with Gasteiger partial charge in [0, 0.05) is 47.9 Å². The van der Waals surface area contributed by atoms with Crippen molar-refractivity contribution in [2.45, 2.75) is 93.7 Å². The summed E-state index contributed by atoms with van der Waals surface area (Å²) in [6.45, 7) is 15.1. The zero-order chi connectivity index (χ0) is 38.6. The average molecular weight is 721 g/mol. The van der Waals surface area contributed by atoms with Gasteiger partial charge < -0.3 is 30.3 Å². The second kappa shape index (κ2) is 20.0. The molecule has 4 N–H and O–H groups in total. The Labute approximate surface area is 308 Å². The van der Waals surface area contributed by atoms with Gasteiger partial charge in [-0.2, -0.15) is 10.5 Å². The number of benzene rings is 2. The molecule has 1 aliphatic heterocycles. The van der Waals surface area contributed by atoms with Crippen LogP contribution >= 0.6 is 0 Å². The third-order valence-electron chi connectivity index (χ3n) is 8.48. The molecule has 1 fully saturated rings. The number of nitrogens with one attached hydrogen (secondary N) is 2. The van der Waals surface area contributed by atoms with Gasteiger partial charge >= 0.3 is 0 Å². The van der Waals surface area contributed by atoms with Gasteiger partial charge in [0.25, 0.3) is 0 Å². The fraction of sp³-hybridized carbons (Fsp3) is 0.550. The molecule has 3 rings (SSSR count). The lowest BCUT2D eigenvalue weighted by Gasteiger charge is -2.44. The van der Waals surface area contributed by atoms with Crippen molar-refractivity contribution in [2.24, 2.45) is 22.7 Å². The summed E-state index contributed by atoms with van der Waals surface area (Å²) < 4.78 is 11.5. The van der Waals surface area contributed by atoms with Crippen LogP contribution in [0.25, 0.3) is 0 Å². The maximum atomic E-state index is 12.6. The molecule has 2 aromatic rings. The van der Waals surface area contributed by atoms with Gasteiger partial charge in [0.15, 0.2) is 17.4 Å². The highest BCUT2D eigenvalue weighted by molar-refractivity contribution is 5.97. The number of nitrogens with zero attached hydrogens (tertiary/aromatic N) is 2. The highest BCUT2D eigenvalue weighted by Gasteiger charge is 2.45. The van der Waals surface area contributed by atoms with E-state index in [1.807, 2.05) is 39.8 Å². The Kier molecular flexibility index (Phi) is 17.5. The second-order valence-corrected chi connectivity index (χ2v) is 15.1. The lowest BCUT2D eigenvalue weighted by molar-refractivity contribution is -0.304. The molecule has 1 aliphatic rings. The lowest BCUT2D eigenvalue weighted by Crippen LogP contribution is -2.56. The first kappa shape index (κ1) is 45.6. The fourth-order valence-electron chi connectivity index (χ4n) is 5.04. The van der Waals surface area contributed by atoms with E-state index in [9.17, 15) is 29.4 Å². The molecule has 0 bridgehead atoms. The van der Waals surface area contributed by atoms with Crippen molar-refractivity contribution in [3.8, 4) is 12.1 Å². The predicted octanol–water partition coefficient (Wildman–Crippen LogP) is 4.96. The van der Waals surface area contributed by atoms with Crippen molar-refractivity contribution >= 4 is 23.4 Å². The number of amides is 2. The van der Waals surface area contributed by atoms with E-state index in [4.69, 9.17) is 20.0 Å². The molecule has 0 aliphatic carbocycles. The maximum absolute atomic E-state index is 12.6. The zero-order valence-corrected chi connectivity index (χ0v) is 30.9. The molecule has 284 valence electrons. The smallest absolute Gasteiger partial charge is 0.249 e. The summed E-state index contributed by atoms with van der Waals surface area (Å²) in [5.74, 6) is -1.88. The molecule has 0 unspecified atom stereocenters. The highest BCUT2D eigenvalue weighted by atomic mass is 16.7. The Morgan fingerprint density at radius 3 is 1.79 bits per heavy atom. The number of carbonyl (C=O) groups excluding carboxylic acids is 4. The molecule has 0 radical (unpaired) electrons. The van der Waals surface area contributed by atoms with Gasteiger partial charge in [-0.1, -0.05) is 73.2 Å². The number of nitriles is 2. The third-order valence-corrected chi connectivity index (χ3v) is 8.48. The minimum absolute atomic E-state index is 0. The number of ether oxygens (including phenoxy) is 2. The van der Waals surface area contributed by atoms with Crippen molar-refractivity contribution in [3.05, 3.63) is 70.8 Å². The molecule has 0 aromatic heterocycles. The molecule has 2 aromatic carbocycles. The van der Waals surface area contributed by atoms with Crippen molar-refractivity contribution in [1.29, 1.82) is 10.5 Å². The summed E-state index contributed by atoms with van der Waals surface area (Å²) in [5.41, 5.74) is 0.508. The van der Waals surface area contributed by atoms with Gasteiger partial charge in [0.2, 0.25) is 11.8 Å². The van der Waals surface area contributed by atoms with Crippen LogP contribution in [0.3, 0.4) is 0 Å². The van der Waals surface area contributed by atoms with E-state index < -0.39 is 34.7 Å². The summed E-state index contributed by atoms with van der Waals surface area (Å²) >= 11 is 0. The Bertz CT molecular complexity index is 1620. The standard InChI is InChI=1S/C21H28N2O4.C18H24N2O4.CH4/c1-14(9-17(24)16-8-6-7-15(10-16)11-22)12-23-19(25)18-20(2,3)13-26-21(4,5)27-18;1-12(10-20-17(24)16(23)18(2,3)11-21)7-15(22)14-6-4-5-13(8-14)9-19;/h6-8,10,14,18H,9,12-13H2,1-5H3,(H,23,25);4-6,8,12,16,21,23H,7,10-11H2,1-3H3,(H,20,24);1H4/t14-,18+;12-,16+;/m11./s1. The summed E-state index contributed by atoms with van der Waals surface area (Å²) in [6, 6.07) is 17.2. The molecule has 52 heavy (non-hydrogen) atoms. The fourth-order valence-corrected chi connectivity index (χ4v) is 5.04. The minimum Gasteiger partial charge on any atom is -0.396 e. The predicted molar refractivity (Wildman–Crippen MR) is 197 cm³/mol. The van der Waals surface area contributed by atoms with Crippen molar-refractivity contribution in [1.82, 2.24) is 10.6 Å². The molecule has 1 saturated heterocycles. The molecule has 12 nitrogen and oxygen atoms in total. The van der Waals surface area contributed by atoms with Crippen LogP contribution in [0.4, 0.5) is 0 Å². The van der Waals surface area contributed by atoms with Crippen molar-refractivity contribution in [3.63, 3.8) is 0 Å². The van der Waals surface area contributed by atoms with Crippen LogP contribution in [0.15, 0.2) is 48.5 Å². The molecule has 12 heteroatoms. The summed E-state index contributed by atoms with van der Waals surface area (Å²) in [6.07, 6.45) is -1.43. The highest BCUT2D eigenvalue weighted by Crippen LogP contribution is 2.35. The number of hydrogen-bond acceptors (Lipinski definition) is 10. The summed E-state index contributed by atoms with van der Waals surface area (Å²) in [7, 11) is 0. The monoisotopic (exact) mass is 720 g/mol. The molecule has 0 spiro atoms. The van der Waals surface area contributed by atoms with Crippen LogP contribution in [0.1, 0.15) is 108 Å². The molecule has 1 heterocycles. The summed E-state index contributed by atoms with van der Waals surface area (Å²) in [5, 5.41) is 42.4. The van der Waals surface area contributed by atoms with E-state index in [-0.39, 0.29) is 56.3 Å². The van der Waals surface area contributed by atoms with Crippen LogP contribution in [-0.4, -0.2) is 77.9 Å². The number of hydrogen-bond donors (Lipinski definition) is 4. The largest absolute Gasteiger partial charge is 0.396 e. The van der Waals surface area contributed by atoms with E-state index in [2.05, 4.69) is 10.6 Å². The van der Waals surface area contributed by atoms with E-state index >= 15 is 0 Å². The molecular formula is C40H56N4O8. The van der Waals surface area contributed by atoms with Gasteiger partial charge in [-0.15, -0.1) is 0 Å². The molecule has 2 amide bonds. The normalized spacial score (nSPS) is 17.6. The Morgan fingerprint density at radius 1 is 0.885 bits per heavy atom. The quantitative estimate of drug-likeness (QED) is 0.194. The first-order valence-corrected chi connectivity index (χ1v) is 17.0. The molecular weight excluding hydrogens is 664 g/mol. The Balaban J connectivity index is 0.000000514. The Hall–Kier alpha value is -4.46. The van der Waals surface area contributed by atoms with Crippen LogP contribution in [-0.2, 0) is 19.1 Å². The summed E-state index contributed by atoms with van der Waals surface area (Å²) in [4.78, 5) is 49.1. The van der Waals surface area contributed by atoms with E-state index in [0.29, 0.717) is 41.8 Å². The van der Waals surface area contributed by atoms with Crippen LogP contribution in [0.5, 0.6) is 0 Å². The van der Waals surface area contributed by atoms with Crippen LogP contribution in [0.2, 0.25) is 0 Å². The third kappa shape index (κ3) is 13.9. The number of Topliss-reactive ketones (excluding diaryl/α,β-unsaturated/α-hetero) is 2. The van der Waals surface area contributed by atoms with E-state index in [1.54, 1.807) is 76.2 Å². The first-order valence-electron chi connectivity index (χ1n) is 17.0. The molecule has 4 atom stereocenters. The zero-order valence-electron chi connectivity index (χ0n) is 30.9. The van der Waals surface area contributed by atoms with Crippen LogP contribution < -0.4 is 10.6 Å². The van der Waals surface area contributed by atoms with Gasteiger partial charge in [-0.05, 0) is 49.9 Å². The number of ketones is 2. The second-order valence-electron chi connectivity index (χ2n) is 15.1. The first-order chi connectivity index (χ1) is 23.7. The number of aliphatic hydroxyl groups excluding tert-OH is 2. The maximum Gasteiger partial charge on any atom is 0.249 e. The Morgan fingerprint density at radius 2 is 1.35 bits per heavy atom. The van der Waals surface area contributed by atoms with Crippen LogP contribution in [0, 0.1) is 45.3 Å².